The minimum atomic E-state index is -3.48. The highest BCUT2D eigenvalue weighted by Crippen LogP contribution is 2.16. The molecule has 122 valence electrons. The van der Waals surface area contributed by atoms with E-state index in [0.717, 1.165) is 5.56 Å². The smallest absolute Gasteiger partial charge is 0.274 e. The number of nitrogens with one attached hydrogen (secondary N) is 2. The number of hydrogen-bond donors (Lipinski definition) is 3. The average molecular weight is 334 g/mol. The Morgan fingerprint density at radius 1 is 1.09 bits per heavy atom. The van der Waals surface area contributed by atoms with Crippen molar-refractivity contribution in [3.63, 3.8) is 0 Å². The van der Waals surface area contributed by atoms with Crippen LogP contribution in [-0.4, -0.2) is 19.5 Å². The van der Waals surface area contributed by atoms with Crippen LogP contribution >= 0.6 is 0 Å². The van der Waals surface area contributed by atoms with Crippen molar-refractivity contribution >= 4 is 15.9 Å². The summed E-state index contributed by atoms with van der Waals surface area (Å²) in [5, 5.41) is 8.57. The molecular weight excluding hydrogens is 316 g/mol. The van der Waals surface area contributed by atoms with Gasteiger partial charge in [0.1, 0.15) is 0 Å². The first kappa shape index (κ1) is 17.1. The zero-order chi connectivity index (χ0) is 16.9. The maximum atomic E-state index is 12.2. The highest BCUT2D eigenvalue weighted by molar-refractivity contribution is 7.88. The molecule has 2 aromatic rings. The summed E-state index contributed by atoms with van der Waals surface area (Å²) >= 11 is 0. The molecule has 0 spiro atoms. The second kappa shape index (κ2) is 7.36. The summed E-state index contributed by atoms with van der Waals surface area (Å²) in [5.41, 5.74) is 3.26. The van der Waals surface area contributed by atoms with E-state index in [4.69, 9.17) is 5.21 Å². The van der Waals surface area contributed by atoms with Crippen molar-refractivity contribution in [1.29, 1.82) is 0 Å². The lowest BCUT2D eigenvalue weighted by Gasteiger charge is -2.15. The van der Waals surface area contributed by atoms with Crippen LogP contribution in [0.3, 0.4) is 0 Å². The molecule has 2 rings (SSSR count). The molecule has 7 heteroatoms. The molecule has 1 amide bonds. The van der Waals surface area contributed by atoms with Crippen molar-refractivity contribution in [2.45, 2.75) is 18.7 Å². The zero-order valence-corrected chi connectivity index (χ0v) is 13.4. The van der Waals surface area contributed by atoms with E-state index in [1.165, 1.54) is 12.1 Å². The molecule has 3 N–H and O–H groups in total. The van der Waals surface area contributed by atoms with Gasteiger partial charge in [0.15, 0.2) is 0 Å². The maximum Gasteiger partial charge on any atom is 0.274 e. The number of carbonyl (C=O) groups is 1. The molecule has 23 heavy (non-hydrogen) atoms. The Labute approximate surface area is 135 Å². The Morgan fingerprint density at radius 2 is 1.70 bits per heavy atom. The summed E-state index contributed by atoms with van der Waals surface area (Å²) < 4.78 is 27.0. The van der Waals surface area contributed by atoms with Gasteiger partial charge >= 0.3 is 0 Å². The summed E-state index contributed by atoms with van der Waals surface area (Å²) in [6.07, 6.45) is 0. The number of sulfonamides is 1. The van der Waals surface area contributed by atoms with Crippen LogP contribution in [0.15, 0.2) is 54.6 Å². The minimum Gasteiger partial charge on any atom is -0.288 e. The standard InChI is InChI=1S/C16H18N2O4S/c1-12(14-7-9-15(10-8-14)16(19)17-20)18-23(21,22)11-13-5-3-2-4-6-13/h2-10,12,18,20H,11H2,1H3,(H,17,19). The van der Waals surface area contributed by atoms with E-state index in [1.54, 1.807) is 48.8 Å². The van der Waals surface area contributed by atoms with Gasteiger partial charge in [0, 0.05) is 11.6 Å². The van der Waals surface area contributed by atoms with Crippen LogP contribution in [0.2, 0.25) is 0 Å². The highest BCUT2D eigenvalue weighted by Gasteiger charge is 2.16. The molecule has 0 aliphatic rings. The van der Waals surface area contributed by atoms with Crippen LogP contribution in [0.25, 0.3) is 0 Å². The van der Waals surface area contributed by atoms with E-state index >= 15 is 0 Å². The Kier molecular flexibility index (Phi) is 5.49. The van der Waals surface area contributed by atoms with Crippen molar-refractivity contribution in [3.8, 4) is 0 Å². The molecule has 0 bridgehead atoms. The summed E-state index contributed by atoms with van der Waals surface area (Å²) in [4.78, 5) is 11.3. The fraction of sp³-hybridized carbons (Fsp3) is 0.188. The van der Waals surface area contributed by atoms with Crippen molar-refractivity contribution in [2.75, 3.05) is 0 Å². The van der Waals surface area contributed by atoms with Crippen molar-refractivity contribution in [2.24, 2.45) is 0 Å². The highest BCUT2D eigenvalue weighted by atomic mass is 32.2. The number of hydrogen-bond acceptors (Lipinski definition) is 4. The average Bonchev–Trinajstić information content (AvgIpc) is 2.54. The number of hydroxylamine groups is 1. The predicted molar refractivity (Wildman–Crippen MR) is 86.3 cm³/mol. The first-order valence-electron chi connectivity index (χ1n) is 6.99. The quantitative estimate of drug-likeness (QED) is 0.556. The summed E-state index contributed by atoms with van der Waals surface area (Å²) in [7, 11) is -3.48. The molecule has 1 atom stereocenters. The van der Waals surface area contributed by atoms with Gasteiger partial charge in [-0.15, -0.1) is 0 Å². The monoisotopic (exact) mass is 334 g/mol. The van der Waals surface area contributed by atoms with Crippen LogP contribution in [-0.2, 0) is 15.8 Å². The van der Waals surface area contributed by atoms with Crippen LogP contribution < -0.4 is 10.2 Å². The lowest BCUT2D eigenvalue weighted by atomic mass is 10.1. The number of amides is 1. The molecule has 0 fully saturated rings. The van der Waals surface area contributed by atoms with Gasteiger partial charge in [0.2, 0.25) is 10.0 Å². The van der Waals surface area contributed by atoms with E-state index in [9.17, 15) is 13.2 Å². The van der Waals surface area contributed by atoms with E-state index in [2.05, 4.69) is 4.72 Å². The zero-order valence-electron chi connectivity index (χ0n) is 12.6. The second-order valence-electron chi connectivity index (χ2n) is 5.15. The SMILES string of the molecule is CC(NS(=O)(=O)Cc1ccccc1)c1ccc(C(=O)NO)cc1. The molecule has 0 saturated heterocycles. The molecule has 1 unspecified atom stereocenters. The van der Waals surface area contributed by atoms with E-state index in [1.807, 2.05) is 6.07 Å². The Hall–Kier alpha value is -2.22. The largest absolute Gasteiger partial charge is 0.288 e. The summed E-state index contributed by atoms with van der Waals surface area (Å²) in [5.74, 6) is -0.711. The first-order chi connectivity index (χ1) is 10.9. The molecule has 0 aliphatic heterocycles. The van der Waals surface area contributed by atoms with Crippen LogP contribution in [0, 0.1) is 0 Å². The first-order valence-corrected chi connectivity index (χ1v) is 8.65. The molecule has 0 saturated carbocycles. The van der Waals surface area contributed by atoms with Gasteiger partial charge in [0.25, 0.3) is 5.91 Å². The van der Waals surface area contributed by atoms with E-state index in [-0.39, 0.29) is 11.3 Å². The summed E-state index contributed by atoms with van der Waals surface area (Å²) in [6.45, 7) is 1.73. The molecule has 0 aromatic heterocycles. The lowest BCUT2D eigenvalue weighted by Crippen LogP contribution is -2.28. The maximum absolute atomic E-state index is 12.2. The van der Waals surface area contributed by atoms with Crippen LogP contribution in [0.5, 0.6) is 0 Å². The summed E-state index contributed by atoms with van der Waals surface area (Å²) in [6, 6.07) is 14.8. The normalized spacial score (nSPS) is 12.6. The second-order valence-corrected chi connectivity index (χ2v) is 6.90. The number of rotatable bonds is 6. The molecule has 2 aromatic carbocycles. The minimum absolute atomic E-state index is 0.0941. The van der Waals surface area contributed by atoms with Crippen LogP contribution in [0.1, 0.15) is 34.5 Å². The predicted octanol–water partition coefficient (Wildman–Crippen LogP) is 1.99. The Morgan fingerprint density at radius 3 is 2.26 bits per heavy atom. The van der Waals surface area contributed by atoms with Gasteiger partial charge in [-0.1, -0.05) is 42.5 Å². The third kappa shape index (κ3) is 4.88. The van der Waals surface area contributed by atoms with Gasteiger partial charge in [-0.3, -0.25) is 10.0 Å². The Bertz CT molecular complexity index is 758. The van der Waals surface area contributed by atoms with Gasteiger partial charge in [-0.25, -0.2) is 18.6 Å². The molecular formula is C16H18N2O4S. The van der Waals surface area contributed by atoms with E-state index in [0.29, 0.717) is 5.56 Å². The van der Waals surface area contributed by atoms with Gasteiger partial charge in [-0.05, 0) is 30.2 Å². The molecule has 0 radical (unpaired) electrons. The lowest BCUT2D eigenvalue weighted by molar-refractivity contribution is 0.0706. The number of carbonyl (C=O) groups excluding carboxylic acids is 1. The molecule has 0 heterocycles. The molecule has 6 nitrogen and oxygen atoms in total. The third-order valence-electron chi connectivity index (χ3n) is 3.33. The number of benzene rings is 2. The van der Waals surface area contributed by atoms with Crippen molar-refractivity contribution < 1.29 is 18.4 Å². The van der Waals surface area contributed by atoms with Crippen molar-refractivity contribution in [1.82, 2.24) is 10.2 Å². The van der Waals surface area contributed by atoms with Gasteiger partial charge in [-0.2, -0.15) is 0 Å². The van der Waals surface area contributed by atoms with Crippen LogP contribution in [0.4, 0.5) is 0 Å². The third-order valence-corrected chi connectivity index (χ3v) is 4.76. The molecule has 0 aliphatic carbocycles. The van der Waals surface area contributed by atoms with E-state index < -0.39 is 22.0 Å². The fourth-order valence-corrected chi connectivity index (χ4v) is 3.55. The van der Waals surface area contributed by atoms with Gasteiger partial charge in [0.05, 0.1) is 5.75 Å². The van der Waals surface area contributed by atoms with Crippen molar-refractivity contribution in [3.05, 3.63) is 71.3 Å². The Balaban J connectivity index is 2.05. The van der Waals surface area contributed by atoms with Gasteiger partial charge < -0.3 is 0 Å². The fourth-order valence-electron chi connectivity index (χ4n) is 2.16. The topological polar surface area (TPSA) is 95.5 Å².